The molecule has 2 amide bonds. The highest BCUT2D eigenvalue weighted by atomic mass is 16.4. The third-order valence-electron chi connectivity index (χ3n) is 3.00. The van der Waals surface area contributed by atoms with E-state index in [2.05, 4.69) is 10.6 Å². The number of nitrogens with one attached hydrogen (secondary N) is 2. The largest absolute Gasteiger partial charge is 0.465 e. The number of hydrogen-bond donors (Lipinski definition) is 4. The quantitative estimate of drug-likeness (QED) is 0.517. The van der Waals surface area contributed by atoms with Crippen molar-refractivity contribution in [2.45, 2.75) is 45.6 Å². The molecule has 0 aliphatic carbocycles. The summed E-state index contributed by atoms with van der Waals surface area (Å²) >= 11 is 0. The van der Waals surface area contributed by atoms with Crippen molar-refractivity contribution in [2.75, 3.05) is 6.54 Å². The molecule has 0 spiro atoms. The van der Waals surface area contributed by atoms with Gasteiger partial charge in [0.1, 0.15) is 0 Å². The molecule has 0 saturated heterocycles. The van der Waals surface area contributed by atoms with Crippen LogP contribution in [-0.4, -0.2) is 34.5 Å². The smallest absolute Gasteiger partial charge is 0.405 e. The number of hydrogen-bond acceptors (Lipinski definition) is 2. The number of unbranched alkanes of at least 4 members (excludes halogenated alkanes) is 1. The van der Waals surface area contributed by atoms with Gasteiger partial charge in [0.2, 0.25) is 0 Å². The molecule has 4 N–H and O–H groups in total. The van der Waals surface area contributed by atoms with E-state index in [0.29, 0.717) is 6.54 Å². The molecule has 0 aromatic carbocycles. The van der Waals surface area contributed by atoms with E-state index in [9.17, 15) is 9.59 Å². The van der Waals surface area contributed by atoms with Gasteiger partial charge < -0.3 is 20.8 Å². The molecule has 1 unspecified atom stereocenters. The van der Waals surface area contributed by atoms with Gasteiger partial charge in [-0.3, -0.25) is 0 Å². The summed E-state index contributed by atoms with van der Waals surface area (Å²) < 4.78 is 0. The van der Waals surface area contributed by atoms with E-state index in [1.165, 1.54) is 0 Å². The van der Waals surface area contributed by atoms with Crippen LogP contribution in [0.15, 0.2) is 0 Å². The van der Waals surface area contributed by atoms with Crippen LogP contribution in [0.3, 0.4) is 0 Å². The topological polar surface area (TPSA) is 98.7 Å². The first-order valence-electron chi connectivity index (χ1n) is 5.73. The zero-order valence-electron chi connectivity index (χ0n) is 10.6. The Morgan fingerprint density at radius 3 is 2.24 bits per heavy atom. The van der Waals surface area contributed by atoms with Crippen molar-refractivity contribution in [3.63, 3.8) is 0 Å². The lowest BCUT2D eigenvalue weighted by Crippen LogP contribution is -2.47. The van der Waals surface area contributed by atoms with Gasteiger partial charge in [-0.1, -0.05) is 13.3 Å². The van der Waals surface area contributed by atoms with Crippen molar-refractivity contribution >= 4 is 12.2 Å². The Hall–Kier alpha value is -1.46. The van der Waals surface area contributed by atoms with Crippen molar-refractivity contribution in [3.8, 4) is 0 Å². The molecule has 6 nitrogen and oxygen atoms in total. The van der Waals surface area contributed by atoms with Crippen LogP contribution in [0.1, 0.15) is 40.0 Å². The summed E-state index contributed by atoms with van der Waals surface area (Å²) in [6.07, 6.45) is 0.459. The fraction of sp³-hybridized carbons (Fsp3) is 0.818. The van der Waals surface area contributed by atoms with Gasteiger partial charge >= 0.3 is 12.2 Å². The highest BCUT2D eigenvalue weighted by molar-refractivity contribution is 5.65. The van der Waals surface area contributed by atoms with Gasteiger partial charge in [0.15, 0.2) is 0 Å². The lowest BCUT2D eigenvalue weighted by atomic mass is 9.85. The number of carbonyl (C=O) groups is 2. The normalized spacial score (nSPS) is 12.9. The van der Waals surface area contributed by atoms with Gasteiger partial charge in [0.25, 0.3) is 0 Å². The summed E-state index contributed by atoms with van der Waals surface area (Å²) in [4.78, 5) is 20.8. The summed E-state index contributed by atoms with van der Waals surface area (Å²) in [5.41, 5.74) is -0.466. The van der Waals surface area contributed by atoms with Crippen molar-refractivity contribution in [3.05, 3.63) is 0 Å². The first-order chi connectivity index (χ1) is 7.75. The van der Waals surface area contributed by atoms with Crippen LogP contribution in [0.25, 0.3) is 0 Å². The first kappa shape index (κ1) is 15.5. The van der Waals surface area contributed by atoms with Crippen LogP contribution in [0.5, 0.6) is 0 Å². The summed E-state index contributed by atoms with van der Waals surface area (Å²) in [6, 6.07) is 0. The van der Waals surface area contributed by atoms with E-state index < -0.39 is 17.7 Å². The standard InChI is InChI=1S/C11H22N2O4/c1-8(11(2,3)13-10(16)17)6-4-5-7-12-9(14)15/h8,12-13H,4-7H2,1-3H3,(H,14,15)(H,16,17). The van der Waals surface area contributed by atoms with Gasteiger partial charge in [-0.05, 0) is 32.6 Å². The predicted molar refractivity (Wildman–Crippen MR) is 64.3 cm³/mol. The third kappa shape index (κ3) is 7.43. The van der Waals surface area contributed by atoms with Gasteiger partial charge in [0.05, 0.1) is 0 Å². The summed E-state index contributed by atoms with van der Waals surface area (Å²) in [6.45, 7) is 6.12. The molecule has 0 rings (SSSR count). The van der Waals surface area contributed by atoms with Crippen molar-refractivity contribution in [1.29, 1.82) is 0 Å². The average molecular weight is 246 g/mol. The molecule has 0 bridgehead atoms. The first-order valence-corrected chi connectivity index (χ1v) is 5.73. The second-order valence-electron chi connectivity index (χ2n) is 4.78. The number of carboxylic acid groups (broad SMARTS) is 2. The second-order valence-corrected chi connectivity index (χ2v) is 4.78. The summed E-state index contributed by atoms with van der Waals surface area (Å²) in [7, 11) is 0. The predicted octanol–water partition coefficient (Wildman–Crippen LogP) is 2.11. The maximum Gasteiger partial charge on any atom is 0.405 e. The average Bonchev–Trinajstić information content (AvgIpc) is 2.14. The molecule has 0 fully saturated rings. The minimum absolute atomic E-state index is 0.198. The molecule has 17 heavy (non-hydrogen) atoms. The molecular formula is C11H22N2O4. The van der Waals surface area contributed by atoms with Gasteiger partial charge in [-0.2, -0.15) is 0 Å². The second kappa shape index (κ2) is 6.98. The van der Waals surface area contributed by atoms with E-state index in [1.54, 1.807) is 0 Å². The Morgan fingerprint density at radius 2 is 1.76 bits per heavy atom. The zero-order valence-corrected chi connectivity index (χ0v) is 10.6. The van der Waals surface area contributed by atoms with Crippen LogP contribution in [0, 0.1) is 5.92 Å². The molecular weight excluding hydrogens is 224 g/mol. The lowest BCUT2D eigenvalue weighted by Gasteiger charge is -2.31. The lowest BCUT2D eigenvalue weighted by molar-refractivity contribution is 0.167. The van der Waals surface area contributed by atoms with Gasteiger partial charge in [-0.25, -0.2) is 9.59 Å². The Bertz CT molecular complexity index is 266. The Balaban J connectivity index is 3.80. The Morgan fingerprint density at radius 1 is 1.18 bits per heavy atom. The molecule has 0 aliphatic heterocycles. The Kier molecular flexibility index (Phi) is 6.38. The minimum atomic E-state index is -1.02. The number of rotatable bonds is 7. The minimum Gasteiger partial charge on any atom is -0.465 e. The molecule has 100 valence electrons. The van der Waals surface area contributed by atoms with Crippen molar-refractivity contribution < 1.29 is 19.8 Å². The van der Waals surface area contributed by atoms with Crippen LogP contribution in [0.2, 0.25) is 0 Å². The van der Waals surface area contributed by atoms with Crippen LogP contribution < -0.4 is 10.6 Å². The maximum atomic E-state index is 10.6. The fourth-order valence-electron chi connectivity index (χ4n) is 1.53. The fourth-order valence-corrected chi connectivity index (χ4v) is 1.53. The van der Waals surface area contributed by atoms with Crippen LogP contribution in [0.4, 0.5) is 9.59 Å². The third-order valence-corrected chi connectivity index (χ3v) is 3.00. The highest BCUT2D eigenvalue weighted by Gasteiger charge is 2.26. The van der Waals surface area contributed by atoms with Crippen LogP contribution in [-0.2, 0) is 0 Å². The monoisotopic (exact) mass is 246 g/mol. The Labute approximate surface area is 101 Å². The molecule has 1 atom stereocenters. The van der Waals surface area contributed by atoms with Gasteiger partial charge in [0, 0.05) is 12.1 Å². The van der Waals surface area contributed by atoms with E-state index in [4.69, 9.17) is 10.2 Å². The summed E-state index contributed by atoms with van der Waals surface area (Å²) in [5.74, 6) is 0.198. The van der Waals surface area contributed by atoms with Crippen molar-refractivity contribution in [1.82, 2.24) is 10.6 Å². The summed E-state index contributed by atoms with van der Waals surface area (Å²) in [5, 5.41) is 21.8. The van der Waals surface area contributed by atoms with E-state index in [-0.39, 0.29) is 5.92 Å². The highest BCUT2D eigenvalue weighted by Crippen LogP contribution is 2.21. The molecule has 0 saturated carbocycles. The molecule has 0 aromatic rings. The zero-order chi connectivity index (χ0) is 13.5. The van der Waals surface area contributed by atoms with E-state index in [1.807, 2.05) is 20.8 Å². The van der Waals surface area contributed by atoms with Crippen LogP contribution >= 0.6 is 0 Å². The molecule has 6 heteroatoms. The molecule has 0 aliphatic rings. The van der Waals surface area contributed by atoms with E-state index in [0.717, 1.165) is 19.3 Å². The SMILES string of the molecule is CC(CCCCNC(=O)O)C(C)(C)NC(=O)O. The molecule has 0 aromatic heterocycles. The maximum absolute atomic E-state index is 10.6. The number of amides is 2. The molecule has 0 heterocycles. The van der Waals surface area contributed by atoms with Crippen molar-refractivity contribution in [2.24, 2.45) is 5.92 Å². The van der Waals surface area contributed by atoms with E-state index >= 15 is 0 Å². The molecule has 0 radical (unpaired) electrons. The van der Waals surface area contributed by atoms with Gasteiger partial charge in [-0.15, -0.1) is 0 Å².